The fourth-order valence-corrected chi connectivity index (χ4v) is 3.33. The molecule has 1 atom stereocenters. The number of ether oxygens (including phenoxy) is 2. The lowest BCUT2D eigenvalue weighted by molar-refractivity contribution is -0.00235. The van der Waals surface area contributed by atoms with E-state index in [0.717, 1.165) is 19.8 Å². The molecule has 0 aromatic rings. The lowest BCUT2D eigenvalue weighted by Crippen LogP contribution is -2.16. The summed E-state index contributed by atoms with van der Waals surface area (Å²) in [6.07, 6.45) is 22.9. The van der Waals surface area contributed by atoms with Gasteiger partial charge in [-0.1, -0.05) is 103 Å². The summed E-state index contributed by atoms with van der Waals surface area (Å²) >= 11 is 0. The summed E-state index contributed by atoms with van der Waals surface area (Å²) in [5.41, 5.74) is 0. The van der Waals surface area contributed by atoms with Crippen molar-refractivity contribution < 1.29 is 9.47 Å². The molecule has 0 aliphatic heterocycles. The van der Waals surface area contributed by atoms with Gasteiger partial charge in [0.05, 0.1) is 12.7 Å². The number of rotatable bonds is 21. The highest BCUT2D eigenvalue weighted by Gasteiger charge is 2.00. The Morgan fingerprint density at radius 2 is 0.960 bits per heavy atom. The molecule has 2 nitrogen and oxygen atoms in total. The summed E-state index contributed by atoms with van der Waals surface area (Å²) in [5, 5.41) is 0. The zero-order chi connectivity index (χ0) is 18.4. The summed E-state index contributed by atoms with van der Waals surface area (Å²) < 4.78 is 11.1. The maximum atomic E-state index is 5.64. The molecule has 0 aliphatic rings. The molecule has 0 aliphatic carbocycles. The molecule has 2 heteroatoms. The molecule has 0 heterocycles. The molecule has 0 aromatic heterocycles. The molecule has 1 unspecified atom stereocenters. The van der Waals surface area contributed by atoms with Crippen LogP contribution in [-0.4, -0.2) is 25.9 Å². The Balaban J connectivity index is 3.00. The van der Waals surface area contributed by atoms with Crippen molar-refractivity contribution in [3.63, 3.8) is 0 Å². The second-order valence-corrected chi connectivity index (χ2v) is 7.64. The third-order valence-corrected chi connectivity index (χ3v) is 4.95. The highest BCUT2D eigenvalue weighted by atomic mass is 16.5. The predicted octanol–water partition coefficient (Wildman–Crippen LogP) is 7.69. The molecule has 0 rings (SSSR count). The van der Waals surface area contributed by atoms with E-state index < -0.39 is 0 Å². The van der Waals surface area contributed by atoms with E-state index >= 15 is 0 Å². The molecule has 0 radical (unpaired) electrons. The SMILES string of the molecule is CCCCCCCCCCCCCCCCCCOCC(C)OCC. The molecule has 0 fully saturated rings. The van der Waals surface area contributed by atoms with E-state index in [1.807, 2.05) is 6.92 Å². The smallest absolute Gasteiger partial charge is 0.0780 e. The van der Waals surface area contributed by atoms with Crippen LogP contribution in [0.15, 0.2) is 0 Å². The Kier molecular flexibility index (Phi) is 21.9. The number of hydrogen-bond donors (Lipinski definition) is 0. The highest BCUT2D eigenvalue weighted by Crippen LogP contribution is 2.13. The third kappa shape index (κ3) is 21.9. The molecule has 0 amide bonds. The number of hydrogen-bond acceptors (Lipinski definition) is 2. The van der Waals surface area contributed by atoms with Crippen LogP contribution in [0.2, 0.25) is 0 Å². The third-order valence-electron chi connectivity index (χ3n) is 4.95. The summed E-state index contributed by atoms with van der Waals surface area (Å²) in [6.45, 7) is 8.83. The molecule has 0 spiro atoms. The van der Waals surface area contributed by atoms with Crippen LogP contribution >= 0.6 is 0 Å². The summed E-state index contributed by atoms with van der Waals surface area (Å²) in [4.78, 5) is 0. The van der Waals surface area contributed by atoms with E-state index in [1.165, 1.54) is 103 Å². The Labute approximate surface area is 159 Å². The largest absolute Gasteiger partial charge is 0.379 e. The average Bonchev–Trinajstić information content (AvgIpc) is 2.61. The molecular formula is C23H48O2. The van der Waals surface area contributed by atoms with Gasteiger partial charge in [-0.25, -0.2) is 0 Å². The van der Waals surface area contributed by atoms with Crippen LogP contribution in [0.1, 0.15) is 124 Å². The van der Waals surface area contributed by atoms with Crippen LogP contribution in [0.5, 0.6) is 0 Å². The molecule has 0 aromatic carbocycles. The average molecular weight is 357 g/mol. The van der Waals surface area contributed by atoms with Crippen molar-refractivity contribution in [1.82, 2.24) is 0 Å². The quantitative estimate of drug-likeness (QED) is 0.196. The predicted molar refractivity (Wildman–Crippen MR) is 111 cm³/mol. The molecule has 152 valence electrons. The Bertz CT molecular complexity index is 230. The first-order chi connectivity index (χ1) is 12.3. The van der Waals surface area contributed by atoms with Crippen LogP contribution < -0.4 is 0 Å². The van der Waals surface area contributed by atoms with Crippen molar-refractivity contribution >= 4 is 0 Å². The van der Waals surface area contributed by atoms with Gasteiger partial charge in [0.2, 0.25) is 0 Å². The van der Waals surface area contributed by atoms with Crippen molar-refractivity contribution in [2.24, 2.45) is 0 Å². The Hall–Kier alpha value is -0.0800. The zero-order valence-corrected chi connectivity index (χ0v) is 17.8. The van der Waals surface area contributed by atoms with Crippen molar-refractivity contribution in [2.45, 2.75) is 130 Å². The monoisotopic (exact) mass is 356 g/mol. The van der Waals surface area contributed by atoms with Gasteiger partial charge in [0, 0.05) is 13.2 Å². The first-order valence-electron chi connectivity index (χ1n) is 11.5. The van der Waals surface area contributed by atoms with Crippen molar-refractivity contribution in [1.29, 1.82) is 0 Å². The lowest BCUT2D eigenvalue weighted by atomic mass is 10.0. The summed E-state index contributed by atoms with van der Waals surface area (Å²) in [5.74, 6) is 0. The summed E-state index contributed by atoms with van der Waals surface area (Å²) in [6, 6.07) is 0. The Morgan fingerprint density at radius 3 is 1.36 bits per heavy atom. The minimum atomic E-state index is 0.242. The lowest BCUT2D eigenvalue weighted by Gasteiger charge is -2.11. The van der Waals surface area contributed by atoms with Gasteiger partial charge in [0.1, 0.15) is 0 Å². The van der Waals surface area contributed by atoms with Gasteiger partial charge >= 0.3 is 0 Å². The van der Waals surface area contributed by atoms with Gasteiger partial charge < -0.3 is 9.47 Å². The van der Waals surface area contributed by atoms with Crippen molar-refractivity contribution in [3.05, 3.63) is 0 Å². The molecule has 25 heavy (non-hydrogen) atoms. The van der Waals surface area contributed by atoms with Gasteiger partial charge in [-0.05, 0) is 20.3 Å². The normalized spacial score (nSPS) is 12.6. The zero-order valence-electron chi connectivity index (χ0n) is 17.8. The van der Waals surface area contributed by atoms with Gasteiger partial charge in [-0.2, -0.15) is 0 Å². The van der Waals surface area contributed by atoms with E-state index in [1.54, 1.807) is 0 Å². The van der Waals surface area contributed by atoms with E-state index in [9.17, 15) is 0 Å². The van der Waals surface area contributed by atoms with Gasteiger partial charge in [0.15, 0.2) is 0 Å². The van der Waals surface area contributed by atoms with Crippen LogP contribution in [0.3, 0.4) is 0 Å². The van der Waals surface area contributed by atoms with Crippen LogP contribution in [0.25, 0.3) is 0 Å². The van der Waals surface area contributed by atoms with E-state index in [-0.39, 0.29) is 6.10 Å². The standard InChI is InChI=1S/C23H48O2/c1-4-6-7-8-9-10-11-12-13-14-15-16-17-18-19-20-21-24-22-23(3)25-5-2/h23H,4-22H2,1-3H3. The minimum absolute atomic E-state index is 0.242. The van der Waals surface area contributed by atoms with Gasteiger partial charge in [-0.15, -0.1) is 0 Å². The van der Waals surface area contributed by atoms with E-state index in [4.69, 9.17) is 9.47 Å². The van der Waals surface area contributed by atoms with E-state index in [0.29, 0.717) is 0 Å². The minimum Gasteiger partial charge on any atom is -0.379 e. The van der Waals surface area contributed by atoms with Crippen LogP contribution in [0, 0.1) is 0 Å². The van der Waals surface area contributed by atoms with Crippen LogP contribution in [0.4, 0.5) is 0 Å². The van der Waals surface area contributed by atoms with Crippen LogP contribution in [-0.2, 0) is 9.47 Å². The number of unbranched alkanes of at least 4 members (excludes halogenated alkanes) is 15. The van der Waals surface area contributed by atoms with Crippen molar-refractivity contribution in [3.8, 4) is 0 Å². The fraction of sp³-hybridized carbons (Fsp3) is 1.00. The molecule has 0 saturated heterocycles. The molecular weight excluding hydrogens is 308 g/mol. The summed E-state index contributed by atoms with van der Waals surface area (Å²) in [7, 11) is 0. The molecule has 0 saturated carbocycles. The second-order valence-electron chi connectivity index (χ2n) is 7.64. The van der Waals surface area contributed by atoms with Gasteiger partial charge in [0.25, 0.3) is 0 Å². The highest BCUT2D eigenvalue weighted by molar-refractivity contribution is 4.50. The topological polar surface area (TPSA) is 18.5 Å². The van der Waals surface area contributed by atoms with E-state index in [2.05, 4.69) is 13.8 Å². The maximum absolute atomic E-state index is 5.64. The second kappa shape index (κ2) is 22.0. The molecule has 0 N–H and O–H groups in total. The first-order valence-corrected chi connectivity index (χ1v) is 11.5. The maximum Gasteiger partial charge on any atom is 0.0780 e. The van der Waals surface area contributed by atoms with Crippen molar-refractivity contribution in [2.75, 3.05) is 19.8 Å². The first kappa shape index (κ1) is 24.9. The Morgan fingerprint density at radius 1 is 0.560 bits per heavy atom. The fourth-order valence-electron chi connectivity index (χ4n) is 3.33. The molecule has 0 bridgehead atoms. The van der Waals surface area contributed by atoms with Gasteiger partial charge in [-0.3, -0.25) is 0 Å².